The highest BCUT2D eigenvalue weighted by Gasteiger charge is 2.56. The molecule has 3 rings (SSSR count). The van der Waals surface area contributed by atoms with Gasteiger partial charge in [0.2, 0.25) is 0 Å². The Balaban J connectivity index is 1.66. The van der Waals surface area contributed by atoms with Gasteiger partial charge in [-0.2, -0.15) is 0 Å². The molecule has 2 heterocycles. The fraction of sp³-hybridized carbons (Fsp3) is 0.579. The summed E-state index contributed by atoms with van der Waals surface area (Å²) in [7, 11) is 3.43. The Morgan fingerprint density at radius 3 is 2.20 bits per heavy atom. The molecule has 1 aromatic rings. The number of imide groups is 1. The van der Waals surface area contributed by atoms with Gasteiger partial charge < -0.3 is 9.64 Å². The van der Waals surface area contributed by atoms with Crippen LogP contribution in [-0.4, -0.2) is 65.5 Å². The van der Waals surface area contributed by atoms with Crippen LogP contribution in [0.2, 0.25) is 0 Å². The van der Waals surface area contributed by atoms with E-state index in [9.17, 15) is 9.59 Å². The Labute approximate surface area is 149 Å². The van der Waals surface area contributed by atoms with Crippen molar-refractivity contribution in [3.63, 3.8) is 0 Å². The maximum absolute atomic E-state index is 12.9. The van der Waals surface area contributed by atoms with E-state index in [1.807, 2.05) is 26.0 Å². The first-order chi connectivity index (χ1) is 11.9. The number of amides is 3. The van der Waals surface area contributed by atoms with E-state index in [0.717, 1.165) is 25.4 Å². The molecular weight excluding hydrogens is 318 g/mol. The normalized spacial score (nSPS) is 20.8. The number of carbonyl (C=O) groups is 2. The van der Waals surface area contributed by atoms with Crippen molar-refractivity contribution in [3.8, 4) is 5.75 Å². The number of piperidine rings is 1. The van der Waals surface area contributed by atoms with Crippen LogP contribution in [0, 0.1) is 0 Å². The zero-order valence-electron chi connectivity index (χ0n) is 15.5. The van der Waals surface area contributed by atoms with Crippen molar-refractivity contribution in [2.24, 2.45) is 0 Å². The van der Waals surface area contributed by atoms with Gasteiger partial charge in [-0.25, -0.2) is 4.79 Å². The van der Waals surface area contributed by atoms with E-state index in [0.29, 0.717) is 12.8 Å². The van der Waals surface area contributed by atoms with Crippen molar-refractivity contribution in [3.05, 3.63) is 29.8 Å². The number of hydrogen-bond donors (Lipinski definition) is 0. The van der Waals surface area contributed by atoms with E-state index in [1.165, 1.54) is 10.5 Å². The van der Waals surface area contributed by atoms with Crippen LogP contribution in [0.1, 0.15) is 32.3 Å². The molecule has 0 unspecified atom stereocenters. The Morgan fingerprint density at radius 1 is 1.12 bits per heavy atom. The van der Waals surface area contributed by atoms with Gasteiger partial charge in [-0.05, 0) is 44.4 Å². The fourth-order valence-electron chi connectivity index (χ4n) is 3.87. The zero-order valence-corrected chi connectivity index (χ0v) is 15.5. The van der Waals surface area contributed by atoms with E-state index in [1.54, 1.807) is 19.1 Å². The van der Waals surface area contributed by atoms with Gasteiger partial charge in [0.05, 0.1) is 7.11 Å². The molecule has 3 amide bonds. The summed E-state index contributed by atoms with van der Waals surface area (Å²) >= 11 is 0. The number of hydrogen-bond acceptors (Lipinski definition) is 4. The number of urea groups is 1. The van der Waals surface area contributed by atoms with Crippen LogP contribution in [0.15, 0.2) is 24.3 Å². The quantitative estimate of drug-likeness (QED) is 0.786. The third-order valence-electron chi connectivity index (χ3n) is 5.52. The van der Waals surface area contributed by atoms with E-state index in [-0.39, 0.29) is 18.0 Å². The van der Waals surface area contributed by atoms with E-state index in [2.05, 4.69) is 17.0 Å². The second kappa shape index (κ2) is 6.67. The molecule has 1 aromatic carbocycles. The molecule has 2 aliphatic rings. The molecule has 0 radical (unpaired) electrons. The summed E-state index contributed by atoms with van der Waals surface area (Å²) < 4.78 is 5.19. The maximum atomic E-state index is 12.9. The molecule has 2 saturated heterocycles. The molecule has 6 nitrogen and oxygen atoms in total. The lowest BCUT2D eigenvalue weighted by atomic mass is 9.86. The average Bonchev–Trinajstić information content (AvgIpc) is 2.79. The average molecular weight is 345 g/mol. The molecule has 0 N–H and O–H groups in total. The van der Waals surface area contributed by atoms with E-state index in [4.69, 9.17) is 4.74 Å². The second-order valence-corrected chi connectivity index (χ2v) is 7.27. The number of ether oxygens (including phenoxy) is 1. The highest BCUT2D eigenvalue weighted by atomic mass is 16.5. The SMILES string of the molecule is COc1ccc(CN2CCC3(CC2)C(=O)N(C(C)C)C(=O)N3C)cc1. The van der Waals surface area contributed by atoms with Gasteiger partial charge in [0.15, 0.2) is 0 Å². The van der Waals surface area contributed by atoms with Crippen LogP contribution >= 0.6 is 0 Å². The first kappa shape index (κ1) is 17.7. The first-order valence-electron chi connectivity index (χ1n) is 8.86. The van der Waals surface area contributed by atoms with Crippen molar-refractivity contribution >= 4 is 11.9 Å². The van der Waals surface area contributed by atoms with Crippen molar-refractivity contribution in [2.45, 2.75) is 44.8 Å². The topological polar surface area (TPSA) is 53.1 Å². The Morgan fingerprint density at radius 2 is 1.72 bits per heavy atom. The Hall–Kier alpha value is -2.08. The smallest absolute Gasteiger partial charge is 0.327 e. The van der Waals surface area contributed by atoms with Gasteiger partial charge in [-0.3, -0.25) is 14.6 Å². The lowest BCUT2D eigenvalue weighted by Gasteiger charge is -2.40. The van der Waals surface area contributed by atoms with Crippen molar-refractivity contribution < 1.29 is 14.3 Å². The number of carbonyl (C=O) groups excluding carboxylic acids is 2. The van der Waals surface area contributed by atoms with Crippen LogP contribution in [-0.2, 0) is 11.3 Å². The Bertz CT molecular complexity index is 648. The summed E-state index contributed by atoms with van der Waals surface area (Å²) in [5.41, 5.74) is 0.570. The molecule has 25 heavy (non-hydrogen) atoms. The molecule has 6 heteroatoms. The minimum absolute atomic E-state index is 0.0286. The predicted molar refractivity (Wildman–Crippen MR) is 95.4 cm³/mol. The number of benzene rings is 1. The third kappa shape index (κ3) is 2.99. The lowest BCUT2D eigenvalue weighted by molar-refractivity contribution is -0.136. The minimum atomic E-state index is -0.655. The molecule has 136 valence electrons. The highest BCUT2D eigenvalue weighted by molar-refractivity contribution is 6.07. The maximum Gasteiger partial charge on any atom is 0.327 e. The van der Waals surface area contributed by atoms with Gasteiger partial charge in [0, 0.05) is 32.7 Å². The van der Waals surface area contributed by atoms with Gasteiger partial charge in [0.1, 0.15) is 11.3 Å². The van der Waals surface area contributed by atoms with Crippen LogP contribution in [0.25, 0.3) is 0 Å². The minimum Gasteiger partial charge on any atom is -0.497 e. The molecule has 2 aliphatic heterocycles. The summed E-state index contributed by atoms with van der Waals surface area (Å²) in [5.74, 6) is 0.825. The number of likely N-dealkylation sites (N-methyl/N-ethyl adjacent to an activating group) is 1. The molecule has 0 bridgehead atoms. The predicted octanol–water partition coefficient (Wildman–Crippen LogP) is 2.33. The number of likely N-dealkylation sites (tertiary alicyclic amines) is 1. The van der Waals surface area contributed by atoms with Crippen LogP contribution < -0.4 is 4.74 Å². The molecule has 0 aromatic heterocycles. The summed E-state index contributed by atoms with van der Waals surface area (Å²) in [6.07, 6.45) is 1.38. The van der Waals surface area contributed by atoms with Gasteiger partial charge >= 0.3 is 6.03 Å². The molecule has 0 aliphatic carbocycles. The van der Waals surface area contributed by atoms with E-state index >= 15 is 0 Å². The second-order valence-electron chi connectivity index (χ2n) is 7.27. The molecule has 1 spiro atoms. The van der Waals surface area contributed by atoms with Crippen molar-refractivity contribution in [1.29, 1.82) is 0 Å². The molecular formula is C19H27N3O3. The summed E-state index contributed by atoms with van der Waals surface area (Å²) in [6, 6.07) is 7.81. The molecule has 0 atom stereocenters. The lowest BCUT2D eigenvalue weighted by Crippen LogP contribution is -2.55. The summed E-state index contributed by atoms with van der Waals surface area (Å²) in [6.45, 7) is 6.24. The third-order valence-corrected chi connectivity index (χ3v) is 5.52. The number of nitrogens with zero attached hydrogens (tertiary/aromatic N) is 3. The molecule has 2 fully saturated rings. The van der Waals surface area contributed by atoms with Crippen LogP contribution in [0.5, 0.6) is 5.75 Å². The van der Waals surface area contributed by atoms with Crippen LogP contribution in [0.3, 0.4) is 0 Å². The Kier molecular flexibility index (Phi) is 4.73. The first-order valence-corrected chi connectivity index (χ1v) is 8.86. The highest BCUT2D eigenvalue weighted by Crippen LogP contribution is 2.37. The van der Waals surface area contributed by atoms with Crippen molar-refractivity contribution in [2.75, 3.05) is 27.2 Å². The monoisotopic (exact) mass is 345 g/mol. The van der Waals surface area contributed by atoms with Gasteiger partial charge in [0.25, 0.3) is 5.91 Å². The van der Waals surface area contributed by atoms with Gasteiger partial charge in [-0.1, -0.05) is 12.1 Å². The summed E-state index contributed by atoms with van der Waals surface area (Å²) in [4.78, 5) is 30.8. The number of methoxy groups -OCH3 is 1. The standard InChI is InChI=1S/C19H27N3O3/c1-14(2)22-17(23)19(20(3)18(22)24)9-11-21(12-10-19)13-15-5-7-16(25-4)8-6-15/h5-8,14H,9-13H2,1-4H3. The van der Waals surface area contributed by atoms with Gasteiger partial charge in [-0.15, -0.1) is 0 Å². The fourth-order valence-corrected chi connectivity index (χ4v) is 3.87. The zero-order chi connectivity index (χ0) is 18.2. The molecule has 0 saturated carbocycles. The van der Waals surface area contributed by atoms with Crippen molar-refractivity contribution in [1.82, 2.24) is 14.7 Å². The van der Waals surface area contributed by atoms with E-state index < -0.39 is 5.54 Å². The summed E-state index contributed by atoms with van der Waals surface area (Å²) in [5, 5.41) is 0. The number of rotatable bonds is 4. The van der Waals surface area contributed by atoms with Crippen LogP contribution in [0.4, 0.5) is 4.79 Å². The largest absolute Gasteiger partial charge is 0.497 e.